The first-order valence-corrected chi connectivity index (χ1v) is 10.9. The molecular weight excluding hydrogens is 388 g/mol. The van der Waals surface area contributed by atoms with Crippen molar-refractivity contribution in [1.82, 2.24) is 20.0 Å². The van der Waals surface area contributed by atoms with Gasteiger partial charge < -0.3 is 15.0 Å². The van der Waals surface area contributed by atoms with Crippen LogP contribution in [-0.2, 0) is 0 Å². The first-order valence-electron chi connectivity index (χ1n) is 10.9. The molecule has 0 unspecified atom stereocenters. The van der Waals surface area contributed by atoms with Crippen molar-refractivity contribution in [3.63, 3.8) is 0 Å². The predicted molar refractivity (Wildman–Crippen MR) is 123 cm³/mol. The van der Waals surface area contributed by atoms with E-state index in [1.807, 2.05) is 44.2 Å². The van der Waals surface area contributed by atoms with Crippen molar-refractivity contribution in [2.75, 3.05) is 33.3 Å². The summed E-state index contributed by atoms with van der Waals surface area (Å²) in [5, 5.41) is 7.92. The Labute approximate surface area is 183 Å². The molecule has 1 fully saturated rings. The second-order valence-electron chi connectivity index (χ2n) is 8.15. The SMILES string of the molecule is COc1cccc(-c2cc(C(=O)NCCN3CCCC3)n(-c3cc(C)ccc3C)n2)c1. The van der Waals surface area contributed by atoms with Crippen LogP contribution < -0.4 is 10.1 Å². The first kappa shape index (κ1) is 21.1. The number of nitrogens with one attached hydrogen (secondary N) is 1. The number of rotatable bonds is 7. The highest BCUT2D eigenvalue weighted by molar-refractivity contribution is 5.94. The van der Waals surface area contributed by atoms with Gasteiger partial charge in [-0.1, -0.05) is 24.3 Å². The smallest absolute Gasteiger partial charge is 0.270 e. The zero-order valence-corrected chi connectivity index (χ0v) is 18.5. The van der Waals surface area contributed by atoms with Crippen LogP contribution in [0.4, 0.5) is 0 Å². The molecule has 6 nitrogen and oxygen atoms in total. The van der Waals surface area contributed by atoms with Gasteiger partial charge in [-0.3, -0.25) is 4.79 Å². The van der Waals surface area contributed by atoms with E-state index in [0.29, 0.717) is 12.2 Å². The number of aryl methyl sites for hydroxylation is 2. The maximum absolute atomic E-state index is 13.2. The molecule has 0 saturated carbocycles. The lowest BCUT2D eigenvalue weighted by molar-refractivity contribution is 0.0942. The van der Waals surface area contributed by atoms with E-state index < -0.39 is 0 Å². The van der Waals surface area contributed by atoms with E-state index in [4.69, 9.17) is 9.84 Å². The molecule has 162 valence electrons. The summed E-state index contributed by atoms with van der Waals surface area (Å²) in [5.41, 5.74) is 5.29. The van der Waals surface area contributed by atoms with E-state index in [2.05, 4.69) is 28.4 Å². The van der Waals surface area contributed by atoms with E-state index in [-0.39, 0.29) is 5.91 Å². The van der Waals surface area contributed by atoms with Crippen molar-refractivity contribution in [2.45, 2.75) is 26.7 Å². The summed E-state index contributed by atoms with van der Waals surface area (Å²) in [5.74, 6) is 0.650. The number of aromatic nitrogens is 2. The van der Waals surface area contributed by atoms with Gasteiger partial charge in [-0.25, -0.2) is 4.68 Å². The highest BCUT2D eigenvalue weighted by atomic mass is 16.5. The van der Waals surface area contributed by atoms with E-state index in [1.165, 1.54) is 12.8 Å². The van der Waals surface area contributed by atoms with Gasteiger partial charge in [0.05, 0.1) is 18.5 Å². The normalized spacial score (nSPS) is 14.0. The second-order valence-corrected chi connectivity index (χ2v) is 8.15. The molecule has 0 bridgehead atoms. The fourth-order valence-electron chi connectivity index (χ4n) is 4.02. The van der Waals surface area contributed by atoms with Crippen LogP contribution in [0.5, 0.6) is 5.75 Å². The molecule has 4 rings (SSSR count). The van der Waals surface area contributed by atoms with Crippen molar-refractivity contribution in [3.05, 3.63) is 65.4 Å². The average Bonchev–Trinajstić information content (AvgIpc) is 3.45. The molecular formula is C25H30N4O2. The molecule has 0 atom stereocenters. The van der Waals surface area contributed by atoms with Gasteiger partial charge in [-0.15, -0.1) is 0 Å². The van der Waals surface area contributed by atoms with Gasteiger partial charge in [0.15, 0.2) is 0 Å². The molecule has 0 spiro atoms. The number of nitrogens with zero attached hydrogens (tertiary/aromatic N) is 3. The van der Waals surface area contributed by atoms with Crippen LogP contribution in [0, 0.1) is 13.8 Å². The van der Waals surface area contributed by atoms with Gasteiger partial charge in [0.1, 0.15) is 11.4 Å². The van der Waals surface area contributed by atoms with Gasteiger partial charge in [0.25, 0.3) is 5.91 Å². The quantitative estimate of drug-likeness (QED) is 0.630. The first-order chi connectivity index (χ1) is 15.0. The molecule has 2 heterocycles. The van der Waals surface area contributed by atoms with Crippen LogP contribution in [0.1, 0.15) is 34.5 Å². The average molecular weight is 419 g/mol. The van der Waals surface area contributed by atoms with Gasteiger partial charge >= 0.3 is 0 Å². The third-order valence-corrected chi connectivity index (χ3v) is 5.81. The standard InChI is InChI=1S/C25H30N4O2/c1-18-9-10-19(2)23(15-18)29-24(25(30)26-11-14-28-12-4-5-13-28)17-22(27-29)20-7-6-8-21(16-20)31-3/h6-10,15-17H,4-5,11-14H2,1-3H3,(H,26,30). The number of hydrogen-bond donors (Lipinski definition) is 1. The molecule has 1 aliphatic heterocycles. The third kappa shape index (κ3) is 4.80. The van der Waals surface area contributed by atoms with Crippen LogP contribution in [0.2, 0.25) is 0 Å². The van der Waals surface area contributed by atoms with Crippen LogP contribution >= 0.6 is 0 Å². The number of amides is 1. The van der Waals surface area contributed by atoms with Crippen LogP contribution in [-0.4, -0.2) is 53.9 Å². The summed E-state index contributed by atoms with van der Waals surface area (Å²) >= 11 is 0. The van der Waals surface area contributed by atoms with Crippen LogP contribution in [0.15, 0.2) is 48.5 Å². The number of likely N-dealkylation sites (tertiary alicyclic amines) is 1. The largest absolute Gasteiger partial charge is 0.497 e. The molecule has 2 aromatic carbocycles. The summed E-state index contributed by atoms with van der Waals surface area (Å²) in [6.07, 6.45) is 2.49. The van der Waals surface area contributed by atoms with Gasteiger partial charge in [0.2, 0.25) is 0 Å². The Kier molecular flexibility index (Phi) is 6.37. The second kappa shape index (κ2) is 9.35. The van der Waals surface area contributed by atoms with E-state index >= 15 is 0 Å². The summed E-state index contributed by atoms with van der Waals surface area (Å²) in [7, 11) is 1.65. The van der Waals surface area contributed by atoms with E-state index in [9.17, 15) is 4.79 Å². The van der Waals surface area contributed by atoms with Crippen molar-refractivity contribution in [1.29, 1.82) is 0 Å². The summed E-state index contributed by atoms with van der Waals surface area (Å²) in [4.78, 5) is 15.6. The number of hydrogen-bond acceptors (Lipinski definition) is 4. The maximum atomic E-state index is 13.2. The molecule has 1 N–H and O–H groups in total. The number of methoxy groups -OCH3 is 1. The maximum Gasteiger partial charge on any atom is 0.270 e. The molecule has 31 heavy (non-hydrogen) atoms. The minimum Gasteiger partial charge on any atom is -0.497 e. The zero-order chi connectivity index (χ0) is 21.8. The Morgan fingerprint density at radius 1 is 1.10 bits per heavy atom. The number of benzene rings is 2. The third-order valence-electron chi connectivity index (χ3n) is 5.81. The Balaban J connectivity index is 1.66. The fourth-order valence-corrected chi connectivity index (χ4v) is 4.02. The minimum atomic E-state index is -0.109. The topological polar surface area (TPSA) is 59.4 Å². The van der Waals surface area contributed by atoms with Gasteiger partial charge in [-0.2, -0.15) is 5.10 Å². The molecule has 0 radical (unpaired) electrons. The lowest BCUT2D eigenvalue weighted by atomic mass is 10.1. The Morgan fingerprint density at radius 3 is 2.68 bits per heavy atom. The molecule has 0 aliphatic carbocycles. The Morgan fingerprint density at radius 2 is 1.90 bits per heavy atom. The van der Waals surface area contributed by atoms with Crippen LogP contribution in [0.3, 0.4) is 0 Å². The van der Waals surface area contributed by atoms with Crippen LogP contribution in [0.25, 0.3) is 16.9 Å². The zero-order valence-electron chi connectivity index (χ0n) is 18.5. The molecule has 1 aromatic heterocycles. The molecule has 6 heteroatoms. The summed E-state index contributed by atoms with van der Waals surface area (Å²) in [6.45, 7) is 7.84. The van der Waals surface area contributed by atoms with E-state index in [1.54, 1.807) is 11.8 Å². The highest BCUT2D eigenvalue weighted by Crippen LogP contribution is 2.26. The number of ether oxygens (including phenoxy) is 1. The highest BCUT2D eigenvalue weighted by Gasteiger charge is 2.19. The van der Waals surface area contributed by atoms with Crippen molar-refractivity contribution < 1.29 is 9.53 Å². The van der Waals surface area contributed by atoms with Crippen molar-refractivity contribution >= 4 is 5.91 Å². The van der Waals surface area contributed by atoms with E-state index in [0.717, 1.165) is 53.5 Å². The minimum absolute atomic E-state index is 0.109. The summed E-state index contributed by atoms with van der Waals surface area (Å²) < 4.78 is 7.13. The van der Waals surface area contributed by atoms with Gasteiger partial charge in [-0.05, 0) is 75.2 Å². The van der Waals surface area contributed by atoms with Crippen molar-refractivity contribution in [2.24, 2.45) is 0 Å². The Hall–Kier alpha value is -3.12. The monoisotopic (exact) mass is 418 g/mol. The lowest BCUT2D eigenvalue weighted by Gasteiger charge is -2.15. The molecule has 1 aliphatic rings. The molecule has 1 amide bonds. The molecule has 1 saturated heterocycles. The number of carbonyl (C=O) groups is 1. The predicted octanol–water partition coefficient (Wildman–Crippen LogP) is 3.99. The fraction of sp³-hybridized carbons (Fsp3) is 0.360. The number of carbonyl (C=O) groups excluding carboxylic acids is 1. The van der Waals surface area contributed by atoms with Crippen molar-refractivity contribution in [3.8, 4) is 22.7 Å². The lowest BCUT2D eigenvalue weighted by Crippen LogP contribution is -2.34. The van der Waals surface area contributed by atoms with Gasteiger partial charge in [0, 0.05) is 18.7 Å². The Bertz CT molecular complexity index is 1070. The summed E-state index contributed by atoms with van der Waals surface area (Å²) in [6, 6.07) is 15.8. The molecule has 3 aromatic rings.